The molecule has 6 nitrogen and oxygen atoms in total. The maximum Gasteiger partial charge on any atom is 0.264 e. The lowest BCUT2D eigenvalue weighted by molar-refractivity contribution is 0.104. The van der Waals surface area contributed by atoms with Gasteiger partial charge in [-0.3, -0.25) is 9.10 Å². The number of carbonyl (C=O) groups is 1. The number of carbonyl (C=O) groups excluding carboxylic acids is 1. The molecule has 0 bridgehead atoms. The number of anilines is 1. The molecule has 7 heteroatoms. The minimum atomic E-state index is -3.85. The van der Waals surface area contributed by atoms with Gasteiger partial charge in [0.25, 0.3) is 10.0 Å². The fourth-order valence-electron chi connectivity index (χ4n) is 2.19. The molecule has 2 aromatic carbocycles. The first-order valence-corrected chi connectivity index (χ1v) is 9.18. The van der Waals surface area contributed by atoms with Crippen molar-refractivity contribution < 1.29 is 13.2 Å². The minimum absolute atomic E-state index is 0.0169. The van der Waals surface area contributed by atoms with Crippen LogP contribution in [-0.2, 0) is 10.0 Å². The van der Waals surface area contributed by atoms with Crippen LogP contribution in [0, 0.1) is 11.3 Å². The summed E-state index contributed by atoms with van der Waals surface area (Å²) in [5, 5.41) is 8.96. The predicted molar refractivity (Wildman–Crippen MR) is 100 cm³/mol. The number of sulfonamides is 1. The topological polar surface area (TPSA) is 81.5 Å². The van der Waals surface area contributed by atoms with Crippen molar-refractivity contribution in [3.63, 3.8) is 0 Å². The Bertz CT molecular complexity index is 989. The maximum absolute atomic E-state index is 12.8. The monoisotopic (exact) mass is 369 g/mol. The van der Waals surface area contributed by atoms with Gasteiger partial charge in [0.05, 0.1) is 22.2 Å². The molecular weight excluding hydrogens is 350 g/mol. The number of benzene rings is 2. The summed E-state index contributed by atoms with van der Waals surface area (Å²) in [6.07, 6.45) is 3.05. The average molecular weight is 369 g/mol. The van der Waals surface area contributed by atoms with Crippen molar-refractivity contribution in [2.45, 2.75) is 4.90 Å². The van der Waals surface area contributed by atoms with E-state index in [0.717, 1.165) is 4.31 Å². The molecule has 26 heavy (non-hydrogen) atoms. The summed E-state index contributed by atoms with van der Waals surface area (Å²) in [6, 6.07) is 14.1. The molecule has 0 aliphatic carbocycles. The van der Waals surface area contributed by atoms with E-state index < -0.39 is 10.0 Å². The molecule has 0 aliphatic heterocycles. The van der Waals surface area contributed by atoms with Gasteiger partial charge in [-0.1, -0.05) is 18.2 Å². The summed E-state index contributed by atoms with van der Waals surface area (Å²) in [5.74, 6) is -0.224. The number of ketones is 1. The molecule has 0 radical (unpaired) electrons. The lowest BCUT2D eigenvalue weighted by Crippen LogP contribution is -2.26. The highest BCUT2D eigenvalue weighted by Crippen LogP contribution is 2.23. The molecule has 0 aromatic heterocycles. The van der Waals surface area contributed by atoms with E-state index in [2.05, 4.69) is 0 Å². The van der Waals surface area contributed by atoms with Crippen molar-refractivity contribution in [3.05, 3.63) is 71.9 Å². The zero-order chi connectivity index (χ0) is 19.3. The van der Waals surface area contributed by atoms with Crippen LogP contribution in [0.4, 0.5) is 5.69 Å². The van der Waals surface area contributed by atoms with Crippen molar-refractivity contribution in [1.82, 2.24) is 4.90 Å². The molecule has 2 aromatic rings. The number of hydrogen-bond donors (Lipinski definition) is 0. The third-order valence-electron chi connectivity index (χ3n) is 3.64. The van der Waals surface area contributed by atoms with Gasteiger partial charge in [0.15, 0.2) is 5.78 Å². The van der Waals surface area contributed by atoms with Crippen LogP contribution in [0.15, 0.2) is 65.7 Å². The van der Waals surface area contributed by atoms with Crippen LogP contribution in [0.3, 0.4) is 0 Å². The highest BCUT2D eigenvalue weighted by molar-refractivity contribution is 7.92. The molecule has 0 fully saturated rings. The van der Waals surface area contributed by atoms with E-state index in [1.165, 1.54) is 43.5 Å². The second kappa shape index (κ2) is 7.85. The van der Waals surface area contributed by atoms with E-state index in [4.69, 9.17) is 5.26 Å². The highest BCUT2D eigenvalue weighted by atomic mass is 32.2. The molecule has 0 N–H and O–H groups in total. The lowest BCUT2D eigenvalue weighted by Gasteiger charge is -2.20. The van der Waals surface area contributed by atoms with Crippen molar-refractivity contribution in [2.75, 3.05) is 25.4 Å². The first-order chi connectivity index (χ1) is 12.3. The molecule has 0 saturated carbocycles. The molecule has 0 aliphatic rings. The van der Waals surface area contributed by atoms with E-state index in [-0.39, 0.29) is 16.2 Å². The van der Waals surface area contributed by atoms with Gasteiger partial charge in [-0.25, -0.2) is 8.42 Å². The second-order valence-corrected chi connectivity index (χ2v) is 7.78. The third kappa shape index (κ3) is 4.29. The summed E-state index contributed by atoms with van der Waals surface area (Å²) in [5.41, 5.74) is 1.00. The summed E-state index contributed by atoms with van der Waals surface area (Å²) < 4.78 is 26.7. The van der Waals surface area contributed by atoms with Gasteiger partial charge in [-0.05, 0) is 30.3 Å². The Morgan fingerprint density at radius 3 is 2.42 bits per heavy atom. The van der Waals surface area contributed by atoms with E-state index >= 15 is 0 Å². The van der Waals surface area contributed by atoms with Crippen molar-refractivity contribution in [3.8, 4) is 6.07 Å². The van der Waals surface area contributed by atoms with Gasteiger partial charge in [0.2, 0.25) is 0 Å². The summed E-state index contributed by atoms with van der Waals surface area (Å²) in [6.45, 7) is 0. The standard InChI is InChI=1S/C19H19N3O3S/c1-21(2)11-10-19(23)16-7-5-8-17(13-16)22(3)26(24,25)18-9-4-6-15(12-18)14-20/h4-13H,1-3H3/b11-10+. The Morgan fingerprint density at radius 2 is 1.77 bits per heavy atom. The van der Waals surface area contributed by atoms with Crippen LogP contribution in [0.2, 0.25) is 0 Å². The Kier molecular flexibility index (Phi) is 5.80. The van der Waals surface area contributed by atoms with Crippen LogP contribution in [0.5, 0.6) is 0 Å². The lowest BCUT2D eigenvalue weighted by atomic mass is 10.1. The average Bonchev–Trinajstić information content (AvgIpc) is 2.65. The van der Waals surface area contributed by atoms with Gasteiger partial charge in [-0.15, -0.1) is 0 Å². The number of rotatable bonds is 6. The minimum Gasteiger partial charge on any atom is -0.383 e. The Hall–Kier alpha value is -3.11. The molecule has 134 valence electrons. The van der Waals surface area contributed by atoms with E-state index in [1.54, 1.807) is 43.4 Å². The van der Waals surface area contributed by atoms with E-state index in [0.29, 0.717) is 11.3 Å². The van der Waals surface area contributed by atoms with Gasteiger partial charge in [0.1, 0.15) is 0 Å². The molecule has 0 saturated heterocycles. The normalized spacial score (nSPS) is 11.2. The molecular formula is C19H19N3O3S. The van der Waals surface area contributed by atoms with Gasteiger partial charge < -0.3 is 4.90 Å². The van der Waals surface area contributed by atoms with Crippen LogP contribution in [0.1, 0.15) is 15.9 Å². The number of allylic oxidation sites excluding steroid dienone is 1. The zero-order valence-electron chi connectivity index (χ0n) is 14.7. The second-order valence-electron chi connectivity index (χ2n) is 5.81. The zero-order valence-corrected chi connectivity index (χ0v) is 15.6. The fraction of sp³-hybridized carbons (Fsp3) is 0.158. The first kappa shape index (κ1) is 19.2. The van der Waals surface area contributed by atoms with Crippen LogP contribution in [-0.4, -0.2) is 40.2 Å². The number of nitriles is 1. The van der Waals surface area contributed by atoms with Crippen LogP contribution in [0.25, 0.3) is 0 Å². The Morgan fingerprint density at radius 1 is 1.08 bits per heavy atom. The van der Waals surface area contributed by atoms with Gasteiger partial charge in [-0.2, -0.15) is 5.26 Å². The molecule has 0 atom stereocenters. The molecule has 0 unspecified atom stereocenters. The van der Waals surface area contributed by atoms with Crippen molar-refractivity contribution in [2.24, 2.45) is 0 Å². The first-order valence-electron chi connectivity index (χ1n) is 7.74. The fourth-order valence-corrected chi connectivity index (χ4v) is 3.42. The largest absolute Gasteiger partial charge is 0.383 e. The summed E-state index contributed by atoms with van der Waals surface area (Å²) in [7, 11) is 1.17. The van der Waals surface area contributed by atoms with E-state index in [1.807, 2.05) is 6.07 Å². The smallest absolute Gasteiger partial charge is 0.264 e. The number of hydrogen-bond acceptors (Lipinski definition) is 5. The van der Waals surface area contributed by atoms with E-state index in [9.17, 15) is 13.2 Å². The van der Waals surface area contributed by atoms with Gasteiger partial charge >= 0.3 is 0 Å². The third-order valence-corrected chi connectivity index (χ3v) is 5.42. The van der Waals surface area contributed by atoms with Crippen LogP contribution >= 0.6 is 0 Å². The van der Waals surface area contributed by atoms with Crippen LogP contribution < -0.4 is 4.31 Å². The summed E-state index contributed by atoms with van der Waals surface area (Å²) >= 11 is 0. The summed E-state index contributed by atoms with van der Waals surface area (Å²) in [4.78, 5) is 14.0. The van der Waals surface area contributed by atoms with Crippen molar-refractivity contribution >= 4 is 21.5 Å². The van der Waals surface area contributed by atoms with Crippen molar-refractivity contribution in [1.29, 1.82) is 5.26 Å². The molecule has 2 rings (SSSR count). The maximum atomic E-state index is 12.8. The highest BCUT2D eigenvalue weighted by Gasteiger charge is 2.22. The Balaban J connectivity index is 2.37. The Labute approximate surface area is 153 Å². The molecule has 0 spiro atoms. The molecule has 0 heterocycles. The number of nitrogens with zero attached hydrogens (tertiary/aromatic N) is 3. The van der Waals surface area contributed by atoms with Gasteiger partial charge in [0, 0.05) is 39.0 Å². The predicted octanol–water partition coefficient (Wildman–Crippen LogP) is 2.64. The quantitative estimate of drug-likeness (QED) is 0.577. The molecule has 0 amide bonds. The SMILES string of the molecule is CN(C)/C=C/C(=O)c1cccc(N(C)S(=O)(=O)c2cccc(C#N)c2)c1.